The van der Waals surface area contributed by atoms with Crippen LogP contribution >= 0.6 is 0 Å². The van der Waals surface area contributed by atoms with Crippen LogP contribution in [0.5, 0.6) is 0 Å². The maximum atomic E-state index is 12.3. The number of carboxylic acid groups (broad SMARTS) is 1. The quantitative estimate of drug-likeness (QED) is 0.614. The summed E-state index contributed by atoms with van der Waals surface area (Å²) in [6, 6.07) is 0. The first-order valence-corrected chi connectivity index (χ1v) is 7.19. The molecule has 2 aliphatic heterocycles. The van der Waals surface area contributed by atoms with Crippen molar-refractivity contribution in [1.29, 1.82) is 0 Å². The highest BCUT2D eigenvalue weighted by atomic mass is 16.6. The number of ether oxygens (including phenoxy) is 2. The van der Waals surface area contributed by atoms with E-state index >= 15 is 0 Å². The van der Waals surface area contributed by atoms with Gasteiger partial charge in [0.15, 0.2) is 0 Å². The molecule has 5 nitrogen and oxygen atoms in total. The number of carbonyl (C=O) groups excluding carboxylic acids is 1. The van der Waals surface area contributed by atoms with Crippen molar-refractivity contribution in [3.63, 3.8) is 0 Å². The molecule has 5 heteroatoms. The number of aliphatic carboxylic acids is 1. The van der Waals surface area contributed by atoms with Crippen molar-refractivity contribution in [2.24, 2.45) is 23.7 Å². The van der Waals surface area contributed by atoms with Crippen molar-refractivity contribution in [1.82, 2.24) is 0 Å². The molecule has 4 atom stereocenters. The smallest absolute Gasteiger partial charge is 0.334 e. The van der Waals surface area contributed by atoms with Crippen LogP contribution in [0, 0.1) is 23.7 Å². The van der Waals surface area contributed by atoms with E-state index in [1.807, 2.05) is 0 Å². The van der Waals surface area contributed by atoms with Gasteiger partial charge in [0.2, 0.25) is 0 Å². The molecule has 0 amide bonds. The van der Waals surface area contributed by atoms with E-state index in [2.05, 4.69) is 13.8 Å². The Morgan fingerprint density at radius 2 is 2.20 bits per heavy atom. The second kappa shape index (κ2) is 4.58. The molecule has 0 aromatic carbocycles. The standard InChI is InChI=1S/C15H20O5/c1-8(2)10-3-4-15(7-20-15)12-11(10)5-9(13(16)17)6-19-14(12)18/h5,8,10-12H,3-4,6-7H2,1-2H3,(H,16,17)/t10?,11-,12-,15?/m1/s1. The van der Waals surface area contributed by atoms with Crippen molar-refractivity contribution < 1.29 is 24.2 Å². The molecule has 3 aliphatic rings. The molecular formula is C15H20O5. The lowest BCUT2D eigenvalue weighted by Crippen LogP contribution is -2.45. The van der Waals surface area contributed by atoms with Crippen LogP contribution in [0.3, 0.4) is 0 Å². The highest BCUT2D eigenvalue weighted by Crippen LogP contribution is 2.54. The van der Waals surface area contributed by atoms with Gasteiger partial charge in [0, 0.05) is 0 Å². The third-order valence-electron chi connectivity index (χ3n) is 5.01. The molecule has 1 N–H and O–H groups in total. The molecule has 2 fully saturated rings. The molecule has 1 aliphatic carbocycles. The second-order valence-electron chi connectivity index (χ2n) is 6.46. The molecule has 0 aromatic rings. The molecule has 1 spiro atoms. The zero-order chi connectivity index (χ0) is 14.5. The van der Waals surface area contributed by atoms with E-state index in [0.29, 0.717) is 18.4 Å². The van der Waals surface area contributed by atoms with Crippen LogP contribution in [0.2, 0.25) is 0 Å². The Hall–Kier alpha value is -1.36. The van der Waals surface area contributed by atoms with Crippen molar-refractivity contribution >= 4 is 11.9 Å². The fourth-order valence-corrected chi connectivity index (χ4v) is 3.80. The van der Waals surface area contributed by atoms with Crippen LogP contribution in [-0.2, 0) is 19.1 Å². The summed E-state index contributed by atoms with van der Waals surface area (Å²) in [5, 5.41) is 9.22. The largest absolute Gasteiger partial charge is 0.478 e. The molecule has 3 rings (SSSR count). The molecule has 0 aromatic heterocycles. The molecule has 110 valence electrons. The first-order valence-electron chi connectivity index (χ1n) is 7.19. The summed E-state index contributed by atoms with van der Waals surface area (Å²) in [6.45, 7) is 4.70. The van der Waals surface area contributed by atoms with Crippen LogP contribution in [0.15, 0.2) is 11.6 Å². The molecular weight excluding hydrogens is 260 g/mol. The lowest BCUT2D eigenvalue weighted by molar-refractivity contribution is -0.154. The Labute approximate surface area is 117 Å². The van der Waals surface area contributed by atoms with Gasteiger partial charge in [0.05, 0.1) is 18.1 Å². The number of epoxide rings is 1. The molecule has 0 bridgehead atoms. The maximum absolute atomic E-state index is 12.3. The number of fused-ring (bicyclic) bond motifs is 2. The van der Waals surface area contributed by atoms with Crippen molar-refractivity contribution in [3.8, 4) is 0 Å². The fraction of sp³-hybridized carbons (Fsp3) is 0.733. The molecule has 1 saturated heterocycles. The van der Waals surface area contributed by atoms with Crippen molar-refractivity contribution in [2.75, 3.05) is 13.2 Å². The minimum atomic E-state index is -1.00. The number of cyclic esters (lactones) is 1. The molecule has 2 unspecified atom stereocenters. The first kappa shape index (κ1) is 13.6. The van der Waals surface area contributed by atoms with Crippen LogP contribution in [-0.4, -0.2) is 35.9 Å². The van der Waals surface area contributed by atoms with Gasteiger partial charge in [0.1, 0.15) is 12.2 Å². The van der Waals surface area contributed by atoms with Gasteiger partial charge in [-0.15, -0.1) is 0 Å². The van der Waals surface area contributed by atoms with Crippen molar-refractivity contribution in [3.05, 3.63) is 11.6 Å². The average molecular weight is 280 g/mol. The average Bonchev–Trinajstić information content (AvgIpc) is 3.14. The van der Waals surface area contributed by atoms with E-state index in [1.165, 1.54) is 0 Å². The summed E-state index contributed by atoms with van der Waals surface area (Å²) in [5.74, 6) is -1.04. The number of allylic oxidation sites excluding steroid dienone is 1. The Balaban J connectivity index is 2.01. The summed E-state index contributed by atoms with van der Waals surface area (Å²) in [4.78, 5) is 23.6. The number of hydrogen-bond acceptors (Lipinski definition) is 4. The van der Waals surface area contributed by atoms with Gasteiger partial charge in [0.25, 0.3) is 0 Å². The van der Waals surface area contributed by atoms with Gasteiger partial charge in [-0.05, 0) is 30.6 Å². The molecule has 1 saturated carbocycles. The highest BCUT2D eigenvalue weighted by molar-refractivity contribution is 5.88. The van der Waals surface area contributed by atoms with Gasteiger partial charge in [-0.2, -0.15) is 0 Å². The zero-order valence-electron chi connectivity index (χ0n) is 11.8. The van der Waals surface area contributed by atoms with E-state index in [-0.39, 0.29) is 30.0 Å². The minimum Gasteiger partial charge on any atom is -0.478 e. The maximum Gasteiger partial charge on any atom is 0.334 e. The van der Waals surface area contributed by atoms with E-state index in [9.17, 15) is 14.7 Å². The number of carboxylic acids is 1. The van der Waals surface area contributed by atoms with Gasteiger partial charge < -0.3 is 14.6 Å². The number of carbonyl (C=O) groups is 2. The van der Waals surface area contributed by atoms with Crippen LogP contribution < -0.4 is 0 Å². The van der Waals surface area contributed by atoms with Crippen LogP contribution in [0.25, 0.3) is 0 Å². The topological polar surface area (TPSA) is 76.1 Å². The summed E-state index contributed by atoms with van der Waals surface area (Å²) >= 11 is 0. The van der Waals surface area contributed by atoms with Crippen LogP contribution in [0.4, 0.5) is 0 Å². The minimum absolute atomic E-state index is 0.0904. The van der Waals surface area contributed by atoms with Crippen LogP contribution in [0.1, 0.15) is 26.7 Å². The number of esters is 1. The lowest BCUT2D eigenvalue weighted by Gasteiger charge is -2.40. The Morgan fingerprint density at radius 3 is 2.75 bits per heavy atom. The van der Waals surface area contributed by atoms with E-state index in [0.717, 1.165) is 12.8 Å². The SMILES string of the molecule is CC(C)C1CCC2(CO2)[C@H]2C(=O)OCC(C(=O)O)=C[C@H]12. The van der Waals surface area contributed by atoms with E-state index < -0.39 is 11.6 Å². The van der Waals surface area contributed by atoms with Gasteiger partial charge in [-0.25, -0.2) is 4.79 Å². The van der Waals surface area contributed by atoms with Gasteiger partial charge in [-0.3, -0.25) is 4.79 Å². The second-order valence-corrected chi connectivity index (χ2v) is 6.46. The summed E-state index contributed by atoms with van der Waals surface area (Å²) in [5.41, 5.74) is -0.202. The van der Waals surface area contributed by atoms with E-state index in [4.69, 9.17) is 9.47 Å². The third-order valence-corrected chi connectivity index (χ3v) is 5.01. The van der Waals surface area contributed by atoms with Gasteiger partial charge >= 0.3 is 11.9 Å². The van der Waals surface area contributed by atoms with E-state index in [1.54, 1.807) is 6.08 Å². The molecule has 2 heterocycles. The summed E-state index contributed by atoms with van der Waals surface area (Å²) in [7, 11) is 0. The molecule has 20 heavy (non-hydrogen) atoms. The number of hydrogen-bond donors (Lipinski definition) is 1. The Kier molecular flexibility index (Phi) is 3.12. The predicted molar refractivity (Wildman–Crippen MR) is 69.9 cm³/mol. The predicted octanol–water partition coefficient (Wildman–Crippen LogP) is 1.62. The normalized spacial score (nSPS) is 39.9. The van der Waals surface area contributed by atoms with Crippen molar-refractivity contribution in [2.45, 2.75) is 32.3 Å². The lowest BCUT2D eigenvalue weighted by atomic mass is 9.63. The summed E-state index contributed by atoms with van der Waals surface area (Å²) in [6.07, 6.45) is 3.59. The van der Waals surface area contributed by atoms with Gasteiger partial charge in [-0.1, -0.05) is 19.9 Å². The highest BCUT2D eigenvalue weighted by Gasteiger charge is 2.62. The third kappa shape index (κ3) is 2.04. The zero-order valence-corrected chi connectivity index (χ0v) is 11.8. The monoisotopic (exact) mass is 280 g/mol. The number of rotatable bonds is 2. The first-order chi connectivity index (χ1) is 9.44. The summed E-state index contributed by atoms with van der Waals surface area (Å²) < 4.78 is 10.8. The fourth-order valence-electron chi connectivity index (χ4n) is 3.80. The Bertz CT molecular complexity index is 475. The Morgan fingerprint density at radius 1 is 1.50 bits per heavy atom. The molecule has 0 radical (unpaired) electrons.